The van der Waals surface area contributed by atoms with E-state index >= 15 is 0 Å². The van der Waals surface area contributed by atoms with Crippen LogP contribution in [0.1, 0.15) is 33.6 Å². The van der Waals surface area contributed by atoms with E-state index in [1.54, 1.807) is 0 Å². The Balaban J connectivity index is 1.51. The number of thiocarbonyl (C=S) groups is 1. The van der Waals surface area contributed by atoms with Gasteiger partial charge in [0.05, 0.1) is 0 Å². The summed E-state index contributed by atoms with van der Waals surface area (Å²) in [5, 5.41) is 6.99. The molecule has 32 heavy (non-hydrogen) atoms. The molecule has 0 unspecified atom stereocenters. The molecule has 3 heterocycles. The summed E-state index contributed by atoms with van der Waals surface area (Å²) in [6, 6.07) is 13.0. The first kappa shape index (κ1) is 22.6. The molecule has 0 atom stereocenters. The van der Waals surface area contributed by atoms with Crippen molar-refractivity contribution < 1.29 is 0 Å². The van der Waals surface area contributed by atoms with Gasteiger partial charge < -0.3 is 25.3 Å². The Bertz CT molecular complexity index is 888. The summed E-state index contributed by atoms with van der Waals surface area (Å²) < 4.78 is 0. The zero-order valence-electron chi connectivity index (χ0n) is 19.4. The number of para-hydroxylation sites is 1. The first-order valence-corrected chi connectivity index (χ1v) is 12.2. The summed E-state index contributed by atoms with van der Waals surface area (Å²) in [5.74, 6) is 3.30. The van der Waals surface area contributed by atoms with Gasteiger partial charge in [0.15, 0.2) is 5.11 Å². The van der Waals surface area contributed by atoms with Crippen LogP contribution in [0.25, 0.3) is 0 Å². The van der Waals surface area contributed by atoms with Crippen LogP contribution in [0.5, 0.6) is 0 Å². The average Bonchev–Trinajstić information content (AvgIpc) is 2.79. The fourth-order valence-electron chi connectivity index (χ4n) is 4.27. The summed E-state index contributed by atoms with van der Waals surface area (Å²) in [6.45, 7) is 12.3. The fourth-order valence-corrected chi connectivity index (χ4v) is 4.60. The molecule has 2 fully saturated rings. The van der Waals surface area contributed by atoms with Crippen molar-refractivity contribution >= 4 is 40.6 Å². The molecule has 2 aliphatic heterocycles. The predicted molar refractivity (Wildman–Crippen MR) is 138 cm³/mol. The topological polar surface area (TPSA) is 59.6 Å². The number of nitrogens with one attached hydrogen (secondary N) is 2. The fraction of sp³-hybridized carbons (Fsp3) is 0.542. The highest BCUT2D eigenvalue weighted by atomic mass is 32.1. The number of rotatable bonds is 5. The Kier molecular flexibility index (Phi) is 7.29. The van der Waals surface area contributed by atoms with Gasteiger partial charge in [-0.3, -0.25) is 0 Å². The second-order valence-corrected chi connectivity index (χ2v) is 9.55. The average molecular weight is 454 g/mol. The lowest BCUT2D eigenvalue weighted by Crippen LogP contribution is -2.47. The molecule has 2 N–H and O–H groups in total. The van der Waals surface area contributed by atoms with Crippen molar-refractivity contribution in [3.8, 4) is 0 Å². The molecular weight excluding hydrogens is 418 g/mol. The van der Waals surface area contributed by atoms with E-state index in [2.05, 4.69) is 82.5 Å². The minimum absolute atomic E-state index is 0.257. The molecule has 0 bridgehead atoms. The third kappa shape index (κ3) is 5.79. The number of hydrogen-bond acceptors (Lipinski definition) is 6. The Morgan fingerprint density at radius 1 is 0.906 bits per heavy atom. The van der Waals surface area contributed by atoms with Crippen LogP contribution in [0.15, 0.2) is 36.4 Å². The standard InChI is InChI=1S/C24H35N7S/c1-18(2)25-24(32)28-23-26-21(30-11-9-19(3)10-12-30)17-22(27-23)31-15-13-29(14-16-31)20-7-5-4-6-8-20/h4-8,17-19H,9-16H2,1-3H3,(H2,25,26,27,28,32). The van der Waals surface area contributed by atoms with Gasteiger partial charge in [0.1, 0.15) is 11.6 Å². The van der Waals surface area contributed by atoms with E-state index in [0.29, 0.717) is 11.1 Å². The maximum absolute atomic E-state index is 5.46. The molecule has 1 aromatic heterocycles. The first-order valence-electron chi connectivity index (χ1n) is 11.7. The molecule has 8 heteroatoms. The van der Waals surface area contributed by atoms with E-state index in [1.807, 2.05) is 0 Å². The smallest absolute Gasteiger partial charge is 0.232 e. The van der Waals surface area contributed by atoms with Gasteiger partial charge in [-0.1, -0.05) is 25.1 Å². The molecule has 0 spiro atoms. The third-order valence-electron chi connectivity index (χ3n) is 6.18. The van der Waals surface area contributed by atoms with Crippen molar-refractivity contribution in [2.45, 2.75) is 39.7 Å². The van der Waals surface area contributed by atoms with Gasteiger partial charge in [-0.15, -0.1) is 0 Å². The van der Waals surface area contributed by atoms with Gasteiger partial charge in [0, 0.05) is 57.1 Å². The molecule has 2 aromatic rings. The monoisotopic (exact) mass is 453 g/mol. The molecule has 4 rings (SSSR count). The number of hydrogen-bond donors (Lipinski definition) is 2. The number of piperazine rings is 1. The normalized spacial score (nSPS) is 17.6. The molecule has 0 amide bonds. The molecule has 7 nitrogen and oxygen atoms in total. The number of piperidine rings is 1. The summed E-state index contributed by atoms with van der Waals surface area (Å²) >= 11 is 5.46. The summed E-state index contributed by atoms with van der Waals surface area (Å²) in [5.41, 5.74) is 1.28. The van der Waals surface area contributed by atoms with Crippen LogP contribution in [-0.2, 0) is 0 Å². The lowest BCUT2D eigenvalue weighted by atomic mass is 9.99. The minimum atomic E-state index is 0.257. The number of nitrogens with zero attached hydrogens (tertiary/aromatic N) is 5. The number of benzene rings is 1. The third-order valence-corrected chi connectivity index (χ3v) is 6.40. The van der Waals surface area contributed by atoms with Crippen LogP contribution in [0.3, 0.4) is 0 Å². The van der Waals surface area contributed by atoms with Crippen molar-refractivity contribution in [2.24, 2.45) is 5.92 Å². The van der Waals surface area contributed by atoms with E-state index in [4.69, 9.17) is 22.2 Å². The van der Waals surface area contributed by atoms with E-state index < -0.39 is 0 Å². The van der Waals surface area contributed by atoms with E-state index in [1.165, 1.54) is 18.5 Å². The van der Waals surface area contributed by atoms with Crippen molar-refractivity contribution in [2.75, 3.05) is 59.3 Å². The Hall–Kier alpha value is -2.61. The van der Waals surface area contributed by atoms with Gasteiger partial charge in [-0.05, 0) is 57.0 Å². The maximum Gasteiger partial charge on any atom is 0.232 e. The van der Waals surface area contributed by atoms with Crippen LogP contribution in [-0.4, -0.2) is 60.4 Å². The van der Waals surface area contributed by atoms with Crippen LogP contribution < -0.4 is 25.3 Å². The summed E-state index contributed by atoms with van der Waals surface area (Å²) in [7, 11) is 0. The Morgan fingerprint density at radius 3 is 2.06 bits per heavy atom. The van der Waals surface area contributed by atoms with E-state index in [-0.39, 0.29) is 6.04 Å². The predicted octanol–water partition coefficient (Wildman–Crippen LogP) is 3.73. The highest BCUT2D eigenvalue weighted by Gasteiger charge is 2.23. The van der Waals surface area contributed by atoms with Crippen molar-refractivity contribution in [1.82, 2.24) is 15.3 Å². The van der Waals surface area contributed by atoms with Gasteiger partial charge in [0.2, 0.25) is 5.95 Å². The van der Waals surface area contributed by atoms with Crippen molar-refractivity contribution in [3.63, 3.8) is 0 Å². The van der Waals surface area contributed by atoms with Gasteiger partial charge in [0.25, 0.3) is 0 Å². The van der Waals surface area contributed by atoms with Gasteiger partial charge in [-0.2, -0.15) is 9.97 Å². The highest BCUT2D eigenvalue weighted by Crippen LogP contribution is 2.27. The molecule has 172 valence electrons. The van der Waals surface area contributed by atoms with Crippen LogP contribution in [0.2, 0.25) is 0 Å². The van der Waals surface area contributed by atoms with Crippen LogP contribution in [0.4, 0.5) is 23.3 Å². The molecule has 0 radical (unpaired) electrons. The number of aromatic nitrogens is 2. The lowest BCUT2D eigenvalue weighted by molar-refractivity contribution is 0.436. The second-order valence-electron chi connectivity index (χ2n) is 9.14. The molecule has 0 saturated carbocycles. The zero-order valence-corrected chi connectivity index (χ0v) is 20.2. The quantitative estimate of drug-likeness (QED) is 0.664. The number of anilines is 4. The molecule has 0 aliphatic carbocycles. The van der Waals surface area contributed by atoms with E-state index in [0.717, 1.165) is 56.8 Å². The molecule has 2 aliphatic rings. The highest BCUT2D eigenvalue weighted by molar-refractivity contribution is 7.80. The maximum atomic E-state index is 5.46. The minimum Gasteiger partial charge on any atom is -0.368 e. The zero-order chi connectivity index (χ0) is 22.5. The Labute approximate surface area is 197 Å². The van der Waals surface area contributed by atoms with Crippen LogP contribution >= 0.6 is 12.2 Å². The first-order chi connectivity index (χ1) is 15.5. The summed E-state index contributed by atoms with van der Waals surface area (Å²) in [4.78, 5) is 16.9. The van der Waals surface area contributed by atoms with Gasteiger partial charge in [-0.25, -0.2) is 0 Å². The molecular formula is C24H35N7S. The van der Waals surface area contributed by atoms with Gasteiger partial charge >= 0.3 is 0 Å². The Morgan fingerprint density at radius 2 is 1.47 bits per heavy atom. The van der Waals surface area contributed by atoms with Crippen LogP contribution in [0, 0.1) is 5.92 Å². The largest absolute Gasteiger partial charge is 0.368 e. The van der Waals surface area contributed by atoms with Crippen molar-refractivity contribution in [1.29, 1.82) is 0 Å². The van der Waals surface area contributed by atoms with E-state index in [9.17, 15) is 0 Å². The van der Waals surface area contributed by atoms with Crippen molar-refractivity contribution in [3.05, 3.63) is 36.4 Å². The lowest BCUT2D eigenvalue weighted by Gasteiger charge is -2.37. The second kappa shape index (κ2) is 10.3. The molecule has 1 aromatic carbocycles. The summed E-state index contributed by atoms with van der Waals surface area (Å²) in [6.07, 6.45) is 2.40. The molecule has 2 saturated heterocycles. The SMILES string of the molecule is CC1CCN(c2cc(N3CCN(c4ccccc4)CC3)nc(NC(=S)NC(C)C)n2)CC1.